The Hall–Kier alpha value is -1.30. The Balaban J connectivity index is 1.46. The Bertz CT molecular complexity index is 386. The predicted molar refractivity (Wildman–Crippen MR) is 77.9 cm³/mol. The molecule has 6 heteroatoms. The van der Waals surface area contributed by atoms with Crippen molar-refractivity contribution < 1.29 is 14.3 Å². The van der Waals surface area contributed by atoms with Gasteiger partial charge < -0.3 is 19.9 Å². The lowest BCUT2D eigenvalue weighted by molar-refractivity contribution is -0.129. The molecule has 3 aliphatic rings. The van der Waals surface area contributed by atoms with Crippen molar-refractivity contribution in [3.05, 3.63) is 0 Å². The monoisotopic (exact) mass is 295 g/mol. The van der Waals surface area contributed by atoms with Crippen LogP contribution in [-0.2, 0) is 9.53 Å². The van der Waals surface area contributed by atoms with Crippen LogP contribution < -0.4 is 5.32 Å². The van der Waals surface area contributed by atoms with Gasteiger partial charge in [-0.25, -0.2) is 4.79 Å². The van der Waals surface area contributed by atoms with Crippen LogP contribution in [0.2, 0.25) is 0 Å². The molecule has 0 aromatic rings. The summed E-state index contributed by atoms with van der Waals surface area (Å²) in [6.45, 7) is 4.11. The molecule has 0 aromatic carbocycles. The number of carbonyl (C=O) groups is 2. The van der Waals surface area contributed by atoms with Gasteiger partial charge in [-0.2, -0.15) is 0 Å². The highest BCUT2D eigenvalue weighted by Gasteiger charge is 2.35. The van der Waals surface area contributed by atoms with Crippen LogP contribution in [0.25, 0.3) is 0 Å². The first-order chi connectivity index (χ1) is 10.2. The minimum absolute atomic E-state index is 0.0424. The third-order valence-corrected chi connectivity index (χ3v) is 4.58. The lowest BCUT2D eigenvalue weighted by Crippen LogP contribution is -2.47. The van der Waals surface area contributed by atoms with Gasteiger partial charge in [0.05, 0.1) is 13.2 Å². The molecule has 2 aliphatic heterocycles. The highest BCUT2D eigenvalue weighted by atomic mass is 16.5. The smallest absolute Gasteiger partial charge is 0.318 e. The highest BCUT2D eigenvalue weighted by Crippen LogP contribution is 2.28. The fraction of sp³-hybridized carbons (Fsp3) is 0.867. The zero-order valence-corrected chi connectivity index (χ0v) is 12.6. The second-order valence-corrected chi connectivity index (χ2v) is 6.36. The average molecular weight is 295 g/mol. The van der Waals surface area contributed by atoms with Gasteiger partial charge in [-0.1, -0.05) is 0 Å². The Kier molecular flexibility index (Phi) is 4.63. The summed E-state index contributed by atoms with van der Waals surface area (Å²) in [6.07, 6.45) is 5.36. The van der Waals surface area contributed by atoms with Crippen molar-refractivity contribution in [2.75, 3.05) is 39.4 Å². The van der Waals surface area contributed by atoms with Crippen molar-refractivity contribution in [1.82, 2.24) is 15.1 Å². The number of urea groups is 1. The van der Waals surface area contributed by atoms with E-state index < -0.39 is 0 Å². The van der Waals surface area contributed by atoms with Crippen LogP contribution in [0.3, 0.4) is 0 Å². The van der Waals surface area contributed by atoms with Crippen LogP contribution in [0.5, 0.6) is 0 Å². The summed E-state index contributed by atoms with van der Waals surface area (Å²) in [5, 5.41) is 2.81. The molecule has 3 amide bonds. The molecule has 1 atom stereocenters. The van der Waals surface area contributed by atoms with Gasteiger partial charge in [-0.05, 0) is 32.1 Å². The fourth-order valence-corrected chi connectivity index (χ4v) is 3.12. The summed E-state index contributed by atoms with van der Waals surface area (Å²) in [6, 6.07) is 0.282. The van der Waals surface area contributed by atoms with Crippen LogP contribution in [-0.4, -0.2) is 67.2 Å². The molecular weight excluding hydrogens is 270 g/mol. The number of amides is 3. The topological polar surface area (TPSA) is 61.9 Å². The van der Waals surface area contributed by atoms with Crippen molar-refractivity contribution in [3.63, 3.8) is 0 Å². The molecule has 0 bridgehead atoms. The average Bonchev–Trinajstić information content (AvgIpc) is 2.97. The molecule has 118 valence electrons. The Morgan fingerprint density at radius 1 is 1.19 bits per heavy atom. The maximum absolute atomic E-state index is 12.3. The van der Waals surface area contributed by atoms with E-state index in [4.69, 9.17) is 4.74 Å². The van der Waals surface area contributed by atoms with E-state index >= 15 is 0 Å². The normalized spacial score (nSPS) is 25.1. The Morgan fingerprint density at radius 3 is 2.57 bits per heavy atom. The zero-order valence-electron chi connectivity index (χ0n) is 12.6. The van der Waals surface area contributed by atoms with E-state index in [2.05, 4.69) is 5.32 Å². The van der Waals surface area contributed by atoms with Crippen molar-refractivity contribution in [1.29, 1.82) is 0 Å². The molecule has 1 unspecified atom stereocenters. The summed E-state index contributed by atoms with van der Waals surface area (Å²) in [5.41, 5.74) is 0. The quantitative estimate of drug-likeness (QED) is 0.817. The summed E-state index contributed by atoms with van der Waals surface area (Å²) in [7, 11) is 0. The Morgan fingerprint density at radius 2 is 1.95 bits per heavy atom. The van der Waals surface area contributed by atoms with Crippen LogP contribution in [0, 0.1) is 5.92 Å². The molecule has 1 N–H and O–H groups in total. The number of carbonyl (C=O) groups excluding carboxylic acids is 2. The number of hydrogen-bond donors (Lipinski definition) is 1. The Labute approximate surface area is 125 Å². The second kappa shape index (κ2) is 6.64. The third kappa shape index (κ3) is 3.87. The van der Waals surface area contributed by atoms with Crippen LogP contribution in [0.4, 0.5) is 4.79 Å². The van der Waals surface area contributed by atoms with Gasteiger partial charge in [0.1, 0.15) is 0 Å². The van der Waals surface area contributed by atoms with E-state index in [-0.39, 0.29) is 18.5 Å². The predicted octanol–water partition coefficient (Wildman–Crippen LogP) is 0.819. The zero-order chi connectivity index (χ0) is 14.7. The molecule has 0 spiro atoms. The van der Waals surface area contributed by atoms with Crippen LogP contribution in [0.15, 0.2) is 0 Å². The maximum Gasteiger partial charge on any atom is 0.318 e. The molecule has 6 nitrogen and oxygen atoms in total. The first-order valence-electron chi connectivity index (χ1n) is 8.14. The number of nitrogens with zero attached hydrogens (tertiary/aromatic N) is 2. The molecule has 2 heterocycles. The highest BCUT2D eigenvalue weighted by molar-refractivity contribution is 5.84. The van der Waals surface area contributed by atoms with E-state index in [9.17, 15) is 9.59 Å². The maximum atomic E-state index is 12.3. The number of likely N-dealkylation sites (tertiary alicyclic amines) is 1. The molecule has 3 rings (SSSR count). The lowest BCUT2D eigenvalue weighted by atomic mass is 10.1. The molecule has 0 radical (unpaired) electrons. The largest absolute Gasteiger partial charge is 0.381 e. The summed E-state index contributed by atoms with van der Waals surface area (Å²) >= 11 is 0. The van der Waals surface area contributed by atoms with Gasteiger partial charge in [0.15, 0.2) is 0 Å². The number of hydrogen-bond acceptors (Lipinski definition) is 3. The third-order valence-electron chi connectivity index (χ3n) is 4.58. The number of ether oxygens (including phenoxy) is 1. The van der Waals surface area contributed by atoms with Crippen molar-refractivity contribution in [3.8, 4) is 0 Å². The van der Waals surface area contributed by atoms with Gasteiger partial charge >= 0.3 is 6.03 Å². The standard InChI is InChI=1S/C15H25N3O3/c19-14(17-6-1-2-7-17)9-16-15(20)18(13-3-4-13)10-12-5-8-21-11-12/h12-13H,1-11H2,(H,16,20). The molecular formula is C15H25N3O3. The van der Waals surface area contributed by atoms with Gasteiger partial charge in [-0.15, -0.1) is 0 Å². The summed E-state index contributed by atoms with van der Waals surface area (Å²) < 4.78 is 5.38. The summed E-state index contributed by atoms with van der Waals surface area (Å²) in [5.74, 6) is 0.492. The van der Waals surface area contributed by atoms with E-state index in [0.717, 1.165) is 65.0 Å². The van der Waals surface area contributed by atoms with Gasteiger partial charge in [0.25, 0.3) is 0 Å². The van der Waals surface area contributed by atoms with Crippen molar-refractivity contribution in [2.45, 2.75) is 38.1 Å². The summed E-state index contributed by atoms with van der Waals surface area (Å²) in [4.78, 5) is 28.1. The number of nitrogens with one attached hydrogen (secondary N) is 1. The van der Waals surface area contributed by atoms with Crippen molar-refractivity contribution in [2.24, 2.45) is 5.92 Å². The lowest BCUT2D eigenvalue weighted by Gasteiger charge is -2.26. The van der Waals surface area contributed by atoms with Crippen LogP contribution in [0.1, 0.15) is 32.1 Å². The molecule has 2 saturated heterocycles. The molecule has 1 saturated carbocycles. The van der Waals surface area contributed by atoms with Gasteiger partial charge in [0, 0.05) is 38.2 Å². The first kappa shape index (κ1) is 14.6. The fourth-order valence-electron chi connectivity index (χ4n) is 3.12. The van der Waals surface area contributed by atoms with Crippen molar-refractivity contribution >= 4 is 11.9 Å². The van der Waals surface area contributed by atoms with Gasteiger partial charge in [0.2, 0.25) is 5.91 Å². The second-order valence-electron chi connectivity index (χ2n) is 6.36. The molecule has 3 fully saturated rings. The SMILES string of the molecule is O=C(CNC(=O)N(CC1CCOC1)C1CC1)N1CCCC1. The minimum Gasteiger partial charge on any atom is -0.381 e. The van der Waals surface area contributed by atoms with Crippen LogP contribution >= 0.6 is 0 Å². The molecule has 1 aliphatic carbocycles. The molecule has 21 heavy (non-hydrogen) atoms. The van der Waals surface area contributed by atoms with Gasteiger partial charge in [-0.3, -0.25) is 4.79 Å². The number of rotatable bonds is 5. The van der Waals surface area contributed by atoms with E-state index in [1.807, 2.05) is 9.80 Å². The van der Waals surface area contributed by atoms with E-state index in [1.54, 1.807) is 0 Å². The van der Waals surface area contributed by atoms with E-state index in [0.29, 0.717) is 12.0 Å². The molecule has 0 aromatic heterocycles. The minimum atomic E-state index is -0.0862. The van der Waals surface area contributed by atoms with E-state index in [1.165, 1.54) is 0 Å². The first-order valence-corrected chi connectivity index (χ1v) is 8.14.